The van der Waals surface area contributed by atoms with Gasteiger partial charge >= 0.3 is 12.1 Å². The summed E-state index contributed by atoms with van der Waals surface area (Å²) in [5.41, 5.74) is 0. The molecule has 0 saturated carbocycles. The summed E-state index contributed by atoms with van der Waals surface area (Å²) in [6.45, 7) is 3.56. The van der Waals surface area contributed by atoms with E-state index in [-0.39, 0.29) is 19.8 Å². The van der Waals surface area contributed by atoms with Gasteiger partial charge in [0.25, 0.3) is 0 Å². The Bertz CT molecular complexity index is 213. The van der Waals surface area contributed by atoms with Gasteiger partial charge in [-0.1, -0.05) is 6.58 Å². The molecule has 0 aromatic rings. The van der Waals surface area contributed by atoms with Gasteiger partial charge < -0.3 is 18.9 Å². The van der Waals surface area contributed by atoms with Crippen LogP contribution >= 0.6 is 0 Å². The number of carbonyl (C=O) groups excluding carboxylic acids is 2. The molecule has 0 aromatic carbocycles. The maximum Gasteiger partial charge on any atom is 0.508 e. The van der Waals surface area contributed by atoms with E-state index >= 15 is 0 Å². The van der Waals surface area contributed by atoms with E-state index in [9.17, 15) is 9.59 Å². The van der Waals surface area contributed by atoms with Crippen molar-refractivity contribution in [2.75, 3.05) is 33.5 Å². The topological polar surface area (TPSA) is 71.1 Å². The van der Waals surface area contributed by atoms with Crippen LogP contribution in [0.2, 0.25) is 0 Å². The third-order valence-corrected chi connectivity index (χ3v) is 1.22. The van der Waals surface area contributed by atoms with Crippen molar-refractivity contribution in [2.45, 2.75) is 0 Å². The van der Waals surface area contributed by atoms with Crippen molar-refractivity contribution in [1.82, 2.24) is 0 Å². The molecule has 0 unspecified atom stereocenters. The summed E-state index contributed by atoms with van der Waals surface area (Å²) in [4.78, 5) is 21.3. The summed E-state index contributed by atoms with van der Waals surface area (Å²) in [5.74, 6) is -0.564. The molecule has 0 N–H and O–H groups in total. The summed E-state index contributed by atoms with van der Waals surface area (Å²) >= 11 is 0. The monoisotopic (exact) mass is 218 g/mol. The third-order valence-electron chi connectivity index (χ3n) is 1.22. The highest BCUT2D eigenvalue weighted by molar-refractivity contribution is 5.81. The van der Waals surface area contributed by atoms with Crippen molar-refractivity contribution < 1.29 is 28.5 Å². The molecule has 0 aliphatic carbocycles. The van der Waals surface area contributed by atoms with Gasteiger partial charge in [0.1, 0.15) is 19.8 Å². The lowest BCUT2D eigenvalue weighted by Gasteiger charge is -2.05. The summed E-state index contributed by atoms with van der Waals surface area (Å²) in [5, 5.41) is 0. The predicted octanol–water partition coefficient (Wildman–Crippen LogP) is 0.515. The zero-order chi connectivity index (χ0) is 11.5. The van der Waals surface area contributed by atoms with Gasteiger partial charge in [0.2, 0.25) is 0 Å². The van der Waals surface area contributed by atoms with Crippen molar-refractivity contribution in [1.29, 1.82) is 0 Å². The number of rotatable bonds is 7. The number of hydrogen-bond donors (Lipinski definition) is 0. The second-order valence-corrected chi connectivity index (χ2v) is 2.31. The second-order valence-electron chi connectivity index (χ2n) is 2.31. The Kier molecular flexibility index (Phi) is 8.08. The highest BCUT2D eigenvalue weighted by atomic mass is 16.7. The standard InChI is InChI=1S/C9H14O6/c1-3-8(10)13-6-7-15-9(11)14-5-4-12-2/h3H,1,4-7H2,2H3. The molecule has 15 heavy (non-hydrogen) atoms. The largest absolute Gasteiger partial charge is 0.508 e. The fourth-order valence-corrected chi connectivity index (χ4v) is 0.576. The molecule has 0 rings (SSSR count). The number of methoxy groups -OCH3 is 1. The lowest BCUT2D eigenvalue weighted by atomic mass is 10.6. The van der Waals surface area contributed by atoms with E-state index in [1.165, 1.54) is 7.11 Å². The quantitative estimate of drug-likeness (QED) is 0.352. The number of carbonyl (C=O) groups is 2. The van der Waals surface area contributed by atoms with Crippen molar-refractivity contribution in [3.63, 3.8) is 0 Å². The molecule has 86 valence electrons. The molecule has 0 spiro atoms. The SMILES string of the molecule is C=CC(=O)OCCOC(=O)OCCOC. The number of hydrogen-bond acceptors (Lipinski definition) is 6. The van der Waals surface area contributed by atoms with Gasteiger partial charge in [-0.05, 0) is 0 Å². The lowest BCUT2D eigenvalue weighted by Crippen LogP contribution is -2.15. The fourth-order valence-electron chi connectivity index (χ4n) is 0.576. The van der Waals surface area contributed by atoms with Gasteiger partial charge in [-0.3, -0.25) is 0 Å². The van der Waals surface area contributed by atoms with E-state index in [1.807, 2.05) is 0 Å². The van der Waals surface area contributed by atoms with Crippen molar-refractivity contribution >= 4 is 12.1 Å². The minimum atomic E-state index is -0.818. The van der Waals surface area contributed by atoms with Crippen LogP contribution in [0.1, 0.15) is 0 Å². The number of ether oxygens (including phenoxy) is 4. The van der Waals surface area contributed by atoms with Crippen LogP contribution < -0.4 is 0 Å². The van der Waals surface area contributed by atoms with Gasteiger partial charge in [0.15, 0.2) is 0 Å². The zero-order valence-corrected chi connectivity index (χ0v) is 8.56. The first-order chi connectivity index (χ1) is 7.20. The average Bonchev–Trinajstić information content (AvgIpc) is 2.24. The molecular formula is C9H14O6. The molecule has 0 saturated heterocycles. The zero-order valence-electron chi connectivity index (χ0n) is 8.56. The van der Waals surface area contributed by atoms with Crippen LogP contribution in [0.15, 0.2) is 12.7 Å². The molecular weight excluding hydrogens is 204 g/mol. The van der Waals surface area contributed by atoms with Gasteiger partial charge in [-0.2, -0.15) is 0 Å². The molecule has 6 nitrogen and oxygen atoms in total. The van der Waals surface area contributed by atoms with Gasteiger partial charge in [0.05, 0.1) is 6.61 Å². The van der Waals surface area contributed by atoms with Crippen LogP contribution in [0.25, 0.3) is 0 Å². The summed E-state index contributed by atoms with van der Waals surface area (Å²) in [6, 6.07) is 0. The van der Waals surface area contributed by atoms with E-state index in [4.69, 9.17) is 0 Å². The van der Waals surface area contributed by atoms with Crippen molar-refractivity contribution in [3.05, 3.63) is 12.7 Å². The van der Waals surface area contributed by atoms with E-state index in [0.717, 1.165) is 6.08 Å². The van der Waals surface area contributed by atoms with Crippen LogP contribution in [-0.4, -0.2) is 45.7 Å². The summed E-state index contributed by atoms with van der Waals surface area (Å²) in [6.07, 6.45) is 0.207. The van der Waals surface area contributed by atoms with Gasteiger partial charge in [-0.15, -0.1) is 0 Å². The Morgan fingerprint density at radius 2 is 1.60 bits per heavy atom. The Labute approximate surface area is 87.7 Å². The first-order valence-corrected chi connectivity index (χ1v) is 4.28. The van der Waals surface area contributed by atoms with Gasteiger partial charge in [0, 0.05) is 13.2 Å². The van der Waals surface area contributed by atoms with E-state index in [1.54, 1.807) is 0 Å². The maximum atomic E-state index is 10.8. The average molecular weight is 218 g/mol. The first kappa shape index (κ1) is 13.4. The highest BCUT2D eigenvalue weighted by Crippen LogP contribution is 1.87. The lowest BCUT2D eigenvalue weighted by molar-refractivity contribution is -0.139. The molecule has 0 aliphatic rings. The molecule has 0 aromatic heterocycles. The van der Waals surface area contributed by atoms with Crippen molar-refractivity contribution in [3.8, 4) is 0 Å². The highest BCUT2D eigenvalue weighted by Gasteiger charge is 2.03. The van der Waals surface area contributed by atoms with E-state index in [2.05, 4.69) is 25.5 Å². The van der Waals surface area contributed by atoms with Crippen LogP contribution in [0.4, 0.5) is 4.79 Å². The predicted molar refractivity (Wildman–Crippen MR) is 50.3 cm³/mol. The summed E-state index contributed by atoms with van der Waals surface area (Å²) < 4.78 is 18.3. The molecule has 0 amide bonds. The molecule has 0 heterocycles. The summed E-state index contributed by atoms with van der Waals surface area (Å²) in [7, 11) is 1.49. The molecule has 6 heteroatoms. The minimum Gasteiger partial charge on any atom is -0.459 e. The first-order valence-electron chi connectivity index (χ1n) is 4.28. The van der Waals surface area contributed by atoms with Crippen LogP contribution in [0.3, 0.4) is 0 Å². The Morgan fingerprint density at radius 3 is 2.13 bits per heavy atom. The molecule has 0 radical (unpaired) electrons. The second kappa shape index (κ2) is 9.01. The molecule has 0 bridgehead atoms. The Morgan fingerprint density at radius 1 is 1.07 bits per heavy atom. The fraction of sp³-hybridized carbons (Fsp3) is 0.556. The van der Waals surface area contributed by atoms with Crippen LogP contribution in [0, 0.1) is 0 Å². The van der Waals surface area contributed by atoms with E-state index in [0.29, 0.717) is 6.61 Å². The Hall–Kier alpha value is -1.56. The smallest absolute Gasteiger partial charge is 0.459 e. The molecule has 0 aliphatic heterocycles. The van der Waals surface area contributed by atoms with Crippen LogP contribution in [0.5, 0.6) is 0 Å². The normalized spacial score (nSPS) is 9.13. The van der Waals surface area contributed by atoms with Crippen LogP contribution in [-0.2, 0) is 23.7 Å². The molecule has 0 atom stereocenters. The minimum absolute atomic E-state index is 0.0236. The van der Waals surface area contributed by atoms with Gasteiger partial charge in [-0.25, -0.2) is 9.59 Å². The number of esters is 1. The van der Waals surface area contributed by atoms with Crippen molar-refractivity contribution in [2.24, 2.45) is 0 Å². The third kappa shape index (κ3) is 8.76. The maximum absolute atomic E-state index is 10.8. The molecule has 0 fully saturated rings. The van der Waals surface area contributed by atoms with E-state index < -0.39 is 12.1 Å². The Balaban J connectivity index is 3.31.